The second-order valence-electron chi connectivity index (χ2n) is 4.63. The van der Waals surface area contributed by atoms with Gasteiger partial charge in [0.1, 0.15) is 17.7 Å². The molecule has 1 heterocycles. The van der Waals surface area contributed by atoms with Gasteiger partial charge in [0.05, 0.1) is 13.2 Å². The lowest BCUT2D eigenvalue weighted by atomic mass is 10.3. The standard InChI is InChI=1S/C16H22N4O2.HI/c1-2-17-16(19-13-14-9-12-22-20-14)18-10-6-11-21-15-7-4-3-5-8-15;/h3-5,7-9,12H,2,6,10-11,13H2,1H3,(H2,17,18,19);1H. The zero-order chi connectivity index (χ0) is 15.5. The fourth-order valence-electron chi connectivity index (χ4n) is 1.81. The Morgan fingerprint density at radius 2 is 2.04 bits per heavy atom. The zero-order valence-electron chi connectivity index (χ0n) is 13.2. The van der Waals surface area contributed by atoms with Gasteiger partial charge in [-0.3, -0.25) is 0 Å². The van der Waals surface area contributed by atoms with Crippen LogP contribution in [0.4, 0.5) is 0 Å². The number of nitrogens with zero attached hydrogens (tertiary/aromatic N) is 2. The first-order valence-electron chi connectivity index (χ1n) is 7.47. The van der Waals surface area contributed by atoms with Crippen molar-refractivity contribution < 1.29 is 9.26 Å². The van der Waals surface area contributed by atoms with Gasteiger partial charge >= 0.3 is 0 Å². The van der Waals surface area contributed by atoms with E-state index in [0.29, 0.717) is 13.2 Å². The summed E-state index contributed by atoms with van der Waals surface area (Å²) in [5, 5.41) is 10.3. The topological polar surface area (TPSA) is 71.7 Å². The number of aromatic nitrogens is 1. The second-order valence-corrected chi connectivity index (χ2v) is 4.63. The van der Waals surface area contributed by atoms with Crippen LogP contribution in [0, 0.1) is 0 Å². The Labute approximate surface area is 153 Å². The molecule has 0 bridgehead atoms. The highest BCUT2D eigenvalue weighted by Crippen LogP contribution is 2.07. The predicted molar refractivity (Wildman–Crippen MR) is 101 cm³/mol. The lowest BCUT2D eigenvalue weighted by Gasteiger charge is -2.11. The molecule has 1 aromatic carbocycles. The molecule has 0 unspecified atom stereocenters. The first kappa shape index (κ1) is 19.3. The van der Waals surface area contributed by atoms with Crippen LogP contribution in [0.25, 0.3) is 0 Å². The molecule has 6 nitrogen and oxygen atoms in total. The molecular weight excluding hydrogens is 407 g/mol. The van der Waals surface area contributed by atoms with Gasteiger partial charge in [-0.05, 0) is 25.5 Å². The molecule has 0 amide bonds. The fraction of sp³-hybridized carbons (Fsp3) is 0.375. The van der Waals surface area contributed by atoms with E-state index in [0.717, 1.165) is 36.9 Å². The molecule has 0 radical (unpaired) electrons. The first-order chi connectivity index (χ1) is 10.9. The van der Waals surface area contributed by atoms with Crippen LogP contribution in [0.3, 0.4) is 0 Å². The van der Waals surface area contributed by atoms with Crippen LogP contribution < -0.4 is 15.4 Å². The zero-order valence-corrected chi connectivity index (χ0v) is 15.5. The number of hydrogen-bond donors (Lipinski definition) is 2. The number of rotatable bonds is 8. The normalized spacial score (nSPS) is 10.7. The molecule has 0 aliphatic carbocycles. The summed E-state index contributed by atoms with van der Waals surface area (Å²) >= 11 is 0. The molecular formula is C16H23IN4O2. The van der Waals surface area contributed by atoms with Gasteiger partial charge in [-0.2, -0.15) is 0 Å². The minimum Gasteiger partial charge on any atom is -0.494 e. The van der Waals surface area contributed by atoms with Crippen LogP contribution in [-0.2, 0) is 6.54 Å². The van der Waals surface area contributed by atoms with Gasteiger partial charge in [-0.15, -0.1) is 24.0 Å². The van der Waals surface area contributed by atoms with Crippen molar-refractivity contribution in [2.24, 2.45) is 4.99 Å². The van der Waals surface area contributed by atoms with Crippen molar-refractivity contribution in [2.45, 2.75) is 19.9 Å². The van der Waals surface area contributed by atoms with E-state index in [4.69, 9.17) is 9.26 Å². The van der Waals surface area contributed by atoms with E-state index in [-0.39, 0.29) is 24.0 Å². The molecule has 0 saturated carbocycles. The van der Waals surface area contributed by atoms with Crippen molar-refractivity contribution in [3.05, 3.63) is 48.4 Å². The Morgan fingerprint density at radius 1 is 1.22 bits per heavy atom. The number of aliphatic imine (C=N–C) groups is 1. The fourth-order valence-corrected chi connectivity index (χ4v) is 1.81. The van der Waals surface area contributed by atoms with Crippen molar-refractivity contribution in [1.82, 2.24) is 15.8 Å². The third kappa shape index (κ3) is 7.87. The molecule has 0 atom stereocenters. The minimum absolute atomic E-state index is 0. The number of halogens is 1. The number of hydrogen-bond acceptors (Lipinski definition) is 4. The van der Waals surface area contributed by atoms with Crippen molar-refractivity contribution in [2.75, 3.05) is 19.7 Å². The highest BCUT2D eigenvalue weighted by Gasteiger charge is 1.99. The highest BCUT2D eigenvalue weighted by molar-refractivity contribution is 14.0. The van der Waals surface area contributed by atoms with E-state index in [9.17, 15) is 0 Å². The predicted octanol–water partition coefficient (Wildman–Crippen LogP) is 2.82. The summed E-state index contributed by atoms with van der Waals surface area (Å²) in [6.07, 6.45) is 2.44. The summed E-state index contributed by atoms with van der Waals surface area (Å²) < 4.78 is 10.4. The van der Waals surface area contributed by atoms with Crippen LogP contribution in [0.1, 0.15) is 19.0 Å². The lowest BCUT2D eigenvalue weighted by molar-refractivity contribution is 0.311. The molecule has 0 aliphatic rings. The van der Waals surface area contributed by atoms with Crippen LogP contribution in [0.15, 0.2) is 52.2 Å². The quantitative estimate of drug-likeness (QED) is 0.292. The van der Waals surface area contributed by atoms with Gasteiger partial charge in [0.15, 0.2) is 5.96 Å². The molecule has 0 fully saturated rings. The number of ether oxygens (including phenoxy) is 1. The second kappa shape index (κ2) is 11.8. The van der Waals surface area contributed by atoms with Crippen molar-refractivity contribution in [1.29, 1.82) is 0 Å². The first-order valence-corrected chi connectivity index (χ1v) is 7.47. The van der Waals surface area contributed by atoms with Crippen LogP contribution in [-0.4, -0.2) is 30.8 Å². The maximum absolute atomic E-state index is 5.64. The van der Waals surface area contributed by atoms with E-state index in [1.807, 2.05) is 37.3 Å². The molecule has 0 saturated heterocycles. The van der Waals surface area contributed by atoms with Gasteiger partial charge in [0, 0.05) is 19.2 Å². The molecule has 23 heavy (non-hydrogen) atoms. The number of nitrogens with one attached hydrogen (secondary N) is 2. The Bertz CT molecular complexity index is 546. The largest absolute Gasteiger partial charge is 0.494 e. The summed E-state index contributed by atoms with van der Waals surface area (Å²) in [5.74, 6) is 1.67. The van der Waals surface area contributed by atoms with E-state index in [2.05, 4.69) is 20.8 Å². The molecule has 2 N–H and O–H groups in total. The monoisotopic (exact) mass is 430 g/mol. The smallest absolute Gasteiger partial charge is 0.191 e. The third-order valence-electron chi connectivity index (χ3n) is 2.86. The maximum Gasteiger partial charge on any atom is 0.191 e. The molecule has 0 aliphatic heterocycles. The number of para-hydroxylation sites is 1. The number of benzene rings is 1. The Hall–Kier alpha value is -1.77. The SMILES string of the molecule is CCNC(=NCc1ccon1)NCCCOc1ccccc1.I. The maximum atomic E-state index is 5.64. The van der Waals surface area contributed by atoms with Gasteiger partial charge in [0.25, 0.3) is 0 Å². The molecule has 2 aromatic rings. The summed E-state index contributed by atoms with van der Waals surface area (Å²) in [6, 6.07) is 11.6. The average Bonchev–Trinajstić information content (AvgIpc) is 3.06. The molecule has 0 spiro atoms. The number of guanidine groups is 1. The van der Waals surface area contributed by atoms with E-state index >= 15 is 0 Å². The molecule has 2 rings (SSSR count). The minimum atomic E-state index is 0. The summed E-state index contributed by atoms with van der Waals surface area (Å²) in [7, 11) is 0. The molecule has 1 aromatic heterocycles. The van der Waals surface area contributed by atoms with Gasteiger partial charge in [0.2, 0.25) is 0 Å². The van der Waals surface area contributed by atoms with E-state index in [1.165, 1.54) is 0 Å². The van der Waals surface area contributed by atoms with Crippen LogP contribution >= 0.6 is 24.0 Å². The van der Waals surface area contributed by atoms with E-state index < -0.39 is 0 Å². The third-order valence-corrected chi connectivity index (χ3v) is 2.86. The van der Waals surface area contributed by atoms with Gasteiger partial charge in [-0.1, -0.05) is 23.4 Å². The summed E-state index contributed by atoms with van der Waals surface area (Å²) in [4.78, 5) is 4.44. The summed E-state index contributed by atoms with van der Waals surface area (Å²) in [5.41, 5.74) is 0.810. The Balaban J connectivity index is 0.00000264. The Morgan fingerprint density at radius 3 is 2.74 bits per heavy atom. The average molecular weight is 430 g/mol. The highest BCUT2D eigenvalue weighted by atomic mass is 127. The van der Waals surface area contributed by atoms with Crippen molar-refractivity contribution in [3.8, 4) is 5.75 Å². The van der Waals surface area contributed by atoms with Crippen LogP contribution in [0.5, 0.6) is 5.75 Å². The molecule has 126 valence electrons. The van der Waals surface area contributed by atoms with E-state index in [1.54, 1.807) is 12.3 Å². The van der Waals surface area contributed by atoms with Crippen LogP contribution in [0.2, 0.25) is 0 Å². The van der Waals surface area contributed by atoms with Gasteiger partial charge < -0.3 is 19.9 Å². The Kier molecular flexibility index (Phi) is 9.85. The molecule has 7 heteroatoms. The van der Waals surface area contributed by atoms with Crippen molar-refractivity contribution in [3.63, 3.8) is 0 Å². The summed E-state index contributed by atoms with van der Waals surface area (Å²) in [6.45, 7) is 4.79. The lowest BCUT2D eigenvalue weighted by Crippen LogP contribution is -2.38. The van der Waals surface area contributed by atoms with Gasteiger partial charge in [-0.25, -0.2) is 4.99 Å². The van der Waals surface area contributed by atoms with Crippen molar-refractivity contribution >= 4 is 29.9 Å².